The van der Waals surface area contributed by atoms with Crippen molar-refractivity contribution in [3.63, 3.8) is 0 Å². The Hall–Kier alpha value is -0.610. The van der Waals surface area contributed by atoms with Gasteiger partial charge < -0.3 is 15.8 Å². The Labute approximate surface area is 60.7 Å². The van der Waals surface area contributed by atoms with Crippen molar-refractivity contribution in [2.24, 2.45) is 5.73 Å². The first-order chi connectivity index (χ1) is 4.77. The van der Waals surface area contributed by atoms with Crippen LogP contribution in [0.3, 0.4) is 0 Å². The van der Waals surface area contributed by atoms with Crippen LogP contribution in [0.15, 0.2) is 0 Å². The lowest BCUT2D eigenvalue weighted by molar-refractivity contribution is -0.119. The summed E-state index contributed by atoms with van der Waals surface area (Å²) in [5, 5.41) is 2.91. The molecule has 1 amide bonds. The molecule has 0 aromatic carbocycles. The maximum atomic E-state index is 10.2. The topological polar surface area (TPSA) is 64.3 Å². The molecule has 0 bridgehead atoms. The van der Waals surface area contributed by atoms with Crippen LogP contribution in [-0.4, -0.2) is 32.7 Å². The molecule has 0 aliphatic carbocycles. The number of likely N-dealkylation sites (N-methyl/N-ethyl adjacent to an activating group) is 1. The van der Waals surface area contributed by atoms with Crippen molar-refractivity contribution in [1.82, 2.24) is 5.32 Å². The number of carbonyl (C=O) groups is 1. The number of ether oxygens (including phenoxy) is 1. The fourth-order valence-corrected chi connectivity index (χ4v) is 0.449. The van der Waals surface area contributed by atoms with Gasteiger partial charge in [-0.05, 0) is 7.05 Å². The van der Waals surface area contributed by atoms with Crippen LogP contribution in [0.25, 0.3) is 0 Å². The van der Waals surface area contributed by atoms with Gasteiger partial charge in [-0.1, -0.05) is 0 Å². The molecule has 0 unspecified atom stereocenters. The molecule has 0 saturated carbocycles. The van der Waals surface area contributed by atoms with Gasteiger partial charge in [-0.25, -0.2) is 0 Å². The Morgan fingerprint density at radius 1 is 1.60 bits per heavy atom. The Kier molecular flexibility index (Phi) is 6.11. The Bertz CT molecular complexity index is 95.7. The molecule has 4 heteroatoms. The first-order valence-electron chi connectivity index (χ1n) is 3.28. The highest BCUT2D eigenvalue weighted by Gasteiger charge is 1.92. The number of carbonyl (C=O) groups excluding carboxylic acids is 1. The normalized spacial score (nSPS) is 9.70. The minimum atomic E-state index is -0.315. The molecule has 0 saturated heterocycles. The van der Waals surface area contributed by atoms with Gasteiger partial charge in [0.2, 0.25) is 5.91 Å². The fourth-order valence-electron chi connectivity index (χ4n) is 0.449. The highest BCUT2D eigenvalue weighted by molar-refractivity contribution is 5.73. The van der Waals surface area contributed by atoms with Crippen molar-refractivity contribution >= 4 is 5.91 Å². The number of hydrogen-bond acceptors (Lipinski definition) is 3. The molecule has 3 N–H and O–H groups in total. The van der Waals surface area contributed by atoms with Crippen molar-refractivity contribution in [3.05, 3.63) is 0 Å². The smallest absolute Gasteiger partial charge is 0.219 e. The second-order valence-corrected chi connectivity index (χ2v) is 1.93. The number of rotatable bonds is 6. The molecule has 0 aromatic heterocycles. The van der Waals surface area contributed by atoms with Crippen LogP contribution in [0.5, 0.6) is 0 Å². The molecule has 0 atom stereocenters. The van der Waals surface area contributed by atoms with E-state index in [0.29, 0.717) is 19.6 Å². The molecule has 0 aromatic rings. The molecular formula is C6H14N2O2. The fraction of sp³-hybridized carbons (Fsp3) is 0.833. The second-order valence-electron chi connectivity index (χ2n) is 1.93. The molecule has 10 heavy (non-hydrogen) atoms. The van der Waals surface area contributed by atoms with E-state index in [1.165, 1.54) is 0 Å². The molecule has 0 radical (unpaired) electrons. The van der Waals surface area contributed by atoms with Crippen LogP contribution >= 0.6 is 0 Å². The third-order valence-electron chi connectivity index (χ3n) is 0.989. The van der Waals surface area contributed by atoms with Gasteiger partial charge in [0.25, 0.3) is 0 Å². The van der Waals surface area contributed by atoms with Crippen LogP contribution in [0.2, 0.25) is 0 Å². The third kappa shape index (κ3) is 7.39. The Balaban J connectivity index is 2.84. The maximum absolute atomic E-state index is 10.2. The summed E-state index contributed by atoms with van der Waals surface area (Å²) in [7, 11) is 1.84. The van der Waals surface area contributed by atoms with Gasteiger partial charge in [0.15, 0.2) is 0 Å². The van der Waals surface area contributed by atoms with Gasteiger partial charge in [0.1, 0.15) is 0 Å². The molecule has 0 rings (SSSR count). The highest BCUT2D eigenvalue weighted by atomic mass is 16.5. The van der Waals surface area contributed by atoms with Crippen molar-refractivity contribution < 1.29 is 9.53 Å². The van der Waals surface area contributed by atoms with Crippen LogP contribution in [-0.2, 0) is 9.53 Å². The number of nitrogens with one attached hydrogen (secondary N) is 1. The molecular weight excluding hydrogens is 132 g/mol. The van der Waals surface area contributed by atoms with Crippen molar-refractivity contribution in [3.8, 4) is 0 Å². The van der Waals surface area contributed by atoms with E-state index in [1.807, 2.05) is 7.05 Å². The first-order valence-corrected chi connectivity index (χ1v) is 3.28. The Morgan fingerprint density at radius 3 is 2.80 bits per heavy atom. The third-order valence-corrected chi connectivity index (χ3v) is 0.989. The number of nitrogens with two attached hydrogens (primary N) is 1. The van der Waals surface area contributed by atoms with Gasteiger partial charge >= 0.3 is 0 Å². The van der Waals surface area contributed by atoms with Gasteiger partial charge in [0.05, 0.1) is 13.2 Å². The summed E-state index contributed by atoms with van der Waals surface area (Å²) in [6.45, 7) is 1.86. The molecule has 60 valence electrons. The standard InChI is InChI=1S/C6H14N2O2/c1-8-3-5-10-4-2-6(7)9/h8H,2-5H2,1H3,(H2,7,9). The summed E-state index contributed by atoms with van der Waals surface area (Å²) in [4.78, 5) is 10.2. The molecule has 0 aliphatic rings. The molecule has 0 fully saturated rings. The van der Waals surface area contributed by atoms with Gasteiger partial charge in [0, 0.05) is 13.0 Å². The van der Waals surface area contributed by atoms with Gasteiger partial charge in [-0.15, -0.1) is 0 Å². The van der Waals surface area contributed by atoms with Crippen molar-refractivity contribution in [2.45, 2.75) is 6.42 Å². The van der Waals surface area contributed by atoms with Crippen molar-refractivity contribution in [2.75, 3.05) is 26.8 Å². The van der Waals surface area contributed by atoms with E-state index >= 15 is 0 Å². The molecule has 4 nitrogen and oxygen atoms in total. The van der Waals surface area contributed by atoms with E-state index in [1.54, 1.807) is 0 Å². The van der Waals surface area contributed by atoms with Crippen LogP contribution in [0.1, 0.15) is 6.42 Å². The van der Waals surface area contributed by atoms with E-state index in [0.717, 1.165) is 6.54 Å². The van der Waals surface area contributed by atoms with E-state index in [9.17, 15) is 4.79 Å². The summed E-state index contributed by atoms with van der Waals surface area (Å²) in [5.74, 6) is -0.315. The van der Waals surface area contributed by atoms with Crippen LogP contribution < -0.4 is 11.1 Å². The summed E-state index contributed by atoms with van der Waals surface area (Å²) >= 11 is 0. The predicted molar refractivity (Wildman–Crippen MR) is 38.6 cm³/mol. The highest BCUT2D eigenvalue weighted by Crippen LogP contribution is 1.78. The zero-order valence-corrected chi connectivity index (χ0v) is 6.22. The predicted octanol–water partition coefficient (Wildman–Crippen LogP) is -0.902. The first kappa shape index (κ1) is 9.39. The Morgan fingerprint density at radius 2 is 2.30 bits per heavy atom. The van der Waals surface area contributed by atoms with Gasteiger partial charge in [-0.3, -0.25) is 4.79 Å². The van der Waals surface area contributed by atoms with E-state index < -0.39 is 0 Å². The van der Waals surface area contributed by atoms with E-state index in [2.05, 4.69) is 5.32 Å². The minimum absolute atomic E-state index is 0.309. The molecule has 0 spiro atoms. The lowest BCUT2D eigenvalue weighted by Crippen LogP contribution is -2.17. The van der Waals surface area contributed by atoms with E-state index in [4.69, 9.17) is 10.5 Å². The molecule has 0 aliphatic heterocycles. The SMILES string of the molecule is CNCCOCCC(N)=O. The largest absolute Gasteiger partial charge is 0.380 e. The zero-order valence-electron chi connectivity index (χ0n) is 6.22. The monoisotopic (exact) mass is 146 g/mol. The minimum Gasteiger partial charge on any atom is -0.380 e. The zero-order chi connectivity index (χ0) is 7.82. The number of amides is 1. The van der Waals surface area contributed by atoms with Gasteiger partial charge in [-0.2, -0.15) is 0 Å². The van der Waals surface area contributed by atoms with Crippen LogP contribution in [0, 0.1) is 0 Å². The quantitative estimate of drug-likeness (QED) is 0.477. The average Bonchev–Trinajstić information content (AvgIpc) is 1.87. The average molecular weight is 146 g/mol. The summed E-state index contributed by atoms with van der Waals surface area (Å²) in [5.41, 5.74) is 4.87. The number of primary amides is 1. The van der Waals surface area contributed by atoms with Crippen LogP contribution in [0.4, 0.5) is 0 Å². The summed E-state index contributed by atoms with van der Waals surface area (Å²) in [6, 6.07) is 0. The lowest BCUT2D eigenvalue weighted by atomic mass is 10.4. The molecule has 0 heterocycles. The van der Waals surface area contributed by atoms with Crippen molar-refractivity contribution in [1.29, 1.82) is 0 Å². The maximum Gasteiger partial charge on any atom is 0.219 e. The summed E-state index contributed by atoms with van der Waals surface area (Å²) in [6.07, 6.45) is 0.309. The van der Waals surface area contributed by atoms with E-state index in [-0.39, 0.29) is 5.91 Å². The lowest BCUT2D eigenvalue weighted by Gasteiger charge is -2.00. The summed E-state index contributed by atoms with van der Waals surface area (Å²) < 4.78 is 5.02. The second kappa shape index (κ2) is 6.51. The number of hydrogen-bond donors (Lipinski definition) is 2.